The molecule has 0 radical (unpaired) electrons. The summed E-state index contributed by atoms with van der Waals surface area (Å²) in [6.07, 6.45) is -7.17. The number of hydrogen-bond acceptors (Lipinski definition) is 8. The molecule has 1 aliphatic rings. The van der Waals surface area contributed by atoms with Crippen LogP contribution < -0.4 is 22.3 Å². The standard InChI is InChI=1S/C23H19F5N8O/c1-9(32-20-14(8-29)19(30)34-23(31)35-20)21-33-15-4-2-3-13(18(27)28)16(15)22(37)36(21)12-6-10(17(25)26)5-11(24)7-12/h2-7,9,14,17-18,20,32H,1H3,(H4,30,31,34,35). The van der Waals surface area contributed by atoms with Crippen LogP contribution in [0.1, 0.15) is 42.8 Å². The largest absolute Gasteiger partial charge is 0.386 e. The van der Waals surface area contributed by atoms with Crippen molar-refractivity contribution in [1.82, 2.24) is 14.9 Å². The summed E-state index contributed by atoms with van der Waals surface area (Å²) in [4.78, 5) is 25.7. The molecule has 9 nitrogen and oxygen atoms in total. The quantitative estimate of drug-likeness (QED) is 0.427. The molecule has 2 aromatic carbocycles. The SMILES string of the molecule is CC(NC1N=C(N)N=C(N)C1C#N)c1nc2cccc(C(F)F)c2c(=O)n1-c1cc(F)cc(C(F)F)c1. The van der Waals surface area contributed by atoms with E-state index in [1.54, 1.807) is 0 Å². The maximum Gasteiger partial charge on any atom is 0.266 e. The summed E-state index contributed by atoms with van der Waals surface area (Å²) in [7, 11) is 0. The normalized spacial score (nSPS) is 18.6. The minimum absolute atomic E-state index is 0.0993. The van der Waals surface area contributed by atoms with E-state index in [0.29, 0.717) is 6.07 Å². The molecular weight excluding hydrogens is 499 g/mol. The maximum absolute atomic E-state index is 14.3. The van der Waals surface area contributed by atoms with Crippen LogP contribution in [-0.2, 0) is 0 Å². The number of nitrogens with two attached hydrogens (primary N) is 2. The predicted molar refractivity (Wildman–Crippen MR) is 125 cm³/mol. The third-order valence-electron chi connectivity index (χ3n) is 5.70. The average Bonchev–Trinajstić information content (AvgIpc) is 2.82. The molecule has 1 aromatic heterocycles. The van der Waals surface area contributed by atoms with E-state index in [4.69, 9.17) is 11.5 Å². The van der Waals surface area contributed by atoms with E-state index in [0.717, 1.165) is 22.8 Å². The molecule has 0 amide bonds. The molecule has 3 unspecified atom stereocenters. The Kier molecular flexibility index (Phi) is 6.90. The number of alkyl halides is 4. The number of rotatable bonds is 6. The first-order valence-electron chi connectivity index (χ1n) is 10.8. The van der Waals surface area contributed by atoms with Gasteiger partial charge in [0.1, 0.15) is 29.6 Å². The molecular formula is C23H19F5N8O. The molecule has 0 fully saturated rings. The molecule has 0 spiro atoms. The van der Waals surface area contributed by atoms with Crippen LogP contribution in [-0.4, -0.2) is 27.5 Å². The van der Waals surface area contributed by atoms with Crippen LogP contribution in [0.5, 0.6) is 0 Å². The van der Waals surface area contributed by atoms with Crippen molar-refractivity contribution in [1.29, 1.82) is 5.26 Å². The summed E-state index contributed by atoms with van der Waals surface area (Å²) in [5, 5.41) is 12.0. The summed E-state index contributed by atoms with van der Waals surface area (Å²) in [6, 6.07) is 6.88. The average molecular weight is 518 g/mol. The molecule has 2 heterocycles. The Labute approximate surface area is 206 Å². The summed E-state index contributed by atoms with van der Waals surface area (Å²) in [5.74, 6) is -2.61. The van der Waals surface area contributed by atoms with E-state index < -0.39 is 58.9 Å². The topological polar surface area (TPSA) is 147 Å². The summed E-state index contributed by atoms with van der Waals surface area (Å²) < 4.78 is 69.4. The molecule has 3 aromatic rings. The maximum atomic E-state index is 14.3. The number of hydrogen-bond donors (Lipinski definition) is 3. The second kappa shape index (κ2) is 9.94. The molecule has 3 atom stereocenters. The first-order valence-corrected chi connectivity index (χ1v) is 10.8. The smallest absolute Gasteiger partial charge is 0.266 e. The highest BCUT2D eigenvalue weighted by atomic mass is 19.3. The van der Waals surface area contributed by atoms with E-state index in [1.165, 1.54) is 19.1 Å². The highest BCUT2D eigenvalue weighted by molar-refractivity contribution is 5.99. The fraction of sp³-hybridized carbons (Fsp3) is 0.261. The lowest BCUT2D eigenvalue weighted by atomic mass is 10.0. The van der Waals surface area contributed by atoms with Gasteiger partial charge in [0.25, 0.3) is 18.4 Å². The van der Waals surface area contributed by atoms with Gasteiger partial charge in [-0.1, -0.05) is 12.1 Å². The Hall–Kier alpha value is -4.38. The van der Waals surface area contributed by atoms with Gasteiger partial charge in [0.05, 0.1) is 28.7 Å². The Bertz CT molecular complexity index is 1530. The highest BCUT2D eigenvalue weighted by Crippen LogP contribution is 2.29. The molecule has 0 bridgehead atoms. The van der Waals surface area contributed by atoms with Crippen LogP contribution in [0, 0.1) is 23.1 Å². The minimum Gasteiger partial charge on any atom is -0.386 e. The Morgan fingerprint density at radius 3 is 2.51 bits per heavy atom. The van der Waals surface area contributed by atoms with Gasteiger partial charge < -0.3 is 11.5 Å². The second-order valence-corrected chi connectivity index (χ2v) is 8.16. The summed E-state index contributed by atoms with van der Waals surface area (Å²) in [6.45, 7) is 1.50. The van der Waals surface area contributed by atoms with Gasteiger partial charge in [-0.15, -0.1) is 0 Å². The first-order chi connectivity index (χ1) is 17.5. The highest BCUT2D eigenvalue weighted by Gasteiger charge is 2.31. The third kappa shape index (κ3) is 4.85. The van der Waals surface area contributed by atoms with Crippen molar-refractivity contribution in [3.8, 4) is 11.8 Å². The van der Waals surface area contributed by atoms with Crippen LogP contribution >= 0.6 is 0 Å². The van der Waals surface area contributed by atoms with Gasteiger partial charge in [-0.25, -0.2) is 31.9 Å². The van der Waals surface area contributed by atoms with Crippen molar-refractivity contribution in [3.05, 3.63) is 69.5 Å². The number of nitrogens with one attached hydrogen (secondary N) is 1. The molecule has 37 heavy (non-hydrogen) atoms. The van der Waals surface area contributed by atoms with Crippen molar-refractivity contribution in [2.75, 3.05) is 0 Å². The zero-order valence-corrected chi connectivity index (χ0v) is 19.0. The number of halogens is 5. The lowest BCUT2D eigenvalue weighted by Gasteiger charge is -2.27. The van der Waals surface area contributed by atoms with Crippen molar-refractivity contribution in [2.45, 2.75) is 32.0 Å². The van der Waals surface area contributed by atoms with Gasteiger partial charge >= 0.3 is 0 Å². The van der Waals surface area contributed by atoms with Gasteiger partial charge in [0.2, 0.25) is 5.96 Å². The number of aromatic nitrogens is 2. The Balaban J connectivity index is 1.96. The molecule has 0 aliphatic carbocycles. The first kappa shape index (κ1) is 25.7. The summed E-state index contributed by atoms with van der Waals surface area (Å²) >= 11 is 0. The number of fused-ring (bicyclic) bond motifs is 1. The van der Waals surface area contributed by atoms with E-state index in [9.17, 15) is 32.0 Å². The Morgan fingerprint density at radius 1 is 1.14 bits per heavy atom. The number of aliphatic imine (C=N–C) groups is 2. The number of nitrogens with zero attached hydrogens (tertiary/aromatic N) is 5. The molecule has 4 rings (SSSR count). The second-order valence-electron chi connectivity index (χ2n) is 8.16. The number of nitriles is 1. The Morgan fingerprint density at radius 2 is 1.86 bits per heavy atom. The van der Waals surface area contributed by atoms with E-state index >= 15 is 0 Å². The fourth-order valence-corrected chi connectivity index (χ4v) is 4.06. The van der Waals surface area contributed by atoms with Crippen LogP contribution in [0.4, 0.5) is 22.0 Å². The van der Waals surface area contributed by atoms with E-state index in [-0.39, 0.29) is 28.8 Å². The monoisotopic (exact) mass is 518 g/mol. The predicted octanol–water partition coefficient (Wildman–Crippen LogP) is 3.20. The lowest BCUT2D eigenvalue weighted by Crippen LogP contribution is -2.47. The van der Waals surface area contributed by atoms with Gasteiger partial charge in [0, 0.05) is 11.1 Å². The van der Waals surface area contributed by atoms with Gasteiger partial charge in [0.15, 0.2) is 0 Å². The van der Waals surface area contributed by atoms with Crippen molar-refractivity contribution < 1.29 is 22.0 Å². The van der Waals surface area contributed by atoms with Crippen molar-refractivity contribution >= 4 is 22.7 Å². The van der Waals surface area contributed by atoms with E-state index in [2.05, 4.69) is 20.3 Å². The minimum atomic E-state index is -3.08. The molecule has 0 saturated heterocycles. The molecule has 14 heteroatoms. The molecule has 5 N–H and O–H groups in total. The zero-order chi connectivity index (χ0) is 27.0. The van der Waals surface area contributed by atoms with Crippen LogP contribution in [0.3, 0.4) is 0 Å². The van der Waals surface area contributed by atoms with Crippen LogP contribution in [0.25, 0.3) is 16.6 Å². The van der Waals surface area contributed by atoms with Gasteiger partial charge in [-0.3, -0.25) is 14.7 Å². The molecule has 1 aliphatic heterocycles. The molecule has 0 saturated carbocycles. The van der Waals surface area contributed by atoms with Crippen LogP contribution in [0.2, 0.25) is 0 Å². The number of benzene rings is 2. The zero-order valence-electron chi connectivity index (χ0n) is 19.0. The van der Waals surface area contributed by atoms with Crippen LogP contribution in [0.15, 0.2) is 51.2 Å². The number of guanidine groups is 1. The lowest BCUT2D eigenvalue weighted by molar-refractivity contribution is 0.151. The summed E-state index contributed by atoms with van der Waals surface area (Å²) in [5.41, 5.74) is 8.60. The number of amidine groups is 1. The van der Waals surface area contributed by atoms with E-state index in [1.807, 2.05) is 6.07 Å². The molecule has 192 valence electrons. The fourth-order valence-electron chi connectivity index (χ4n) is 4.06. The van der Waals surface area contributed by atoms with Gasteiger partial charge in [-0.05, 0) is 31.2 Å². The third-order valence-corrected chi connectivity index (χ3v) is 5.70. The van der Waals surface area contributed by atoms with Crippen molar-refractivity contribution in [3.63, 3.8) is 0 Å². The van der Waals surface area contributed by atoms with Gasteiger partial charge in [-0.2, -0.15) is 10.3 Å². The van der Waals surface area contributed by atoms with Crippen molar-refractivity contribution in [2.24, 2.45) is 27.4 Å².